The quantitative estimate of drug-likeness (QED) is 0.642. The Hall–Kier alpha value is -2.80. The lowest BCUT2D eigenvalue weighted by molar-refractivity contribution is -0.120. The summed E-state index contributed by atoms with van der Waals surface area (Å²) in [6.45, 7) is 2.26. The molecule has 0 aliphatic heterocycles. The molecule has 6 nitrogen and oxygen atoms in total. The number of hydrogen-bond donors (Lipinski definition) is 1. The number of rotatable bonds is 7. The summed E-state index contributed by atoms with van der Waals surface area (Å²) in [5, 5.41) is 11.0. The maximum atomic E-state index is 12.3. The molecule has 0 radical (unpaired) electrons. The van der Waals surface area contributed by atoms with Crippen molar-refractivity contribution in [2.75, 3.05) is 7.11 Å². The standard InChI is InChI=1S/C19H19N3O3S/c1-13(17(23)20-12-14-8-10-16(24-2)11-9-14)26-19-22-21-18(25-19)15-6-4-3-5-7-15/h3-11,13H,12H2,1-2H3,(H,20,23)/t13-/m0/s1. The van der Waals surface area contributed by atoms with Gasteiger partial charge in [-0.2, -0.15) is 0 Å². The van der Waals surface area contributed by atoms with Crippen molar-refractivity contribution in [1.82, 2.24) is 15.5 Å². The number of nitrogens with one attached hydrogen (secondary N) is 1. The van der Waals surface area contributed by atoms with Crippen LogP contribution in [0.15, 0.2) is 64.2 Å². The number of carbonyl (C=O) groups is 1. The van der Waals surface area contributed by atoms with E-state index in [1.165, 1.54) is 11.8 Å². The zero-order valence-corrected chi connectivity index (χ0v) is 15.3. The summed E-state index contributed by atoms with van der Waals surface area (Å²) in [6.07, 6.45) is 0. The highest BCUT2D eigenvalue weighted by Gasteiger charge is 2.18. The van der Waals surface area contributed by atoms with Gasteiger partial charge in [0.05, 0.1) is 12.4 Å². The first-order valence-electron chi connectivity index (χ1n) is 8.12. The van der Waals surface area contributed by atoms with Crippen molar-refractivity contribution in [3.05, 3.63) is 60.2 Å². The number of ether oxygens (including phenoxy) is 1. The van der Waals surface area contributed by atoms with E-state index in [-0.39, 0.29) is 11.2 Å². The Bertz CT molecular complexity index is 850. The molecule has 0 aliphatic rings. The Morgan fingerprint density at radius 2 is 1.88 bits per heavy atom. The van der Waals surface area contributed by atoms with Gasteiger partial charge < -0.3 is 14.5 Å². The lowest BCUT2D eigenvalue weighted by Crippen LogP contribution is -2.30. The van der Waals surface area contributed by atoms with Gasteiger partial charge in [0, 0.05) is 12.1 Å². The highest BCUT2D eigenvalue weighted by Crippen LogP contribution is 2.26. The molecule has 134 valence electrons. The summed E-state index contributed by atoms with van der Waals surface area (Å²) < 4.78 is 10.7. The highest BCUT2D eigenvalue weighted by atomic mass is 32.2. The average molecular weight is 369 g/mol. The minimum absolute atomic E-state index is 0.0923. The maximum absolute atomic E-state index is 12.3. The molecule has 0 unspecified atom stereocenters. The monoisotopic (exact) mass is 369 g/mol. The summed E-state index contributed by atoms with van der Waals surface area (Å²) in [6, 6.07) is 17.1. The van der Waals surface area contributed by atoms with Crippen LogP contribution in [0.2, 0.25) is 0 Å². The van der Waals surface area contributed by atoms with Crippen molar-refractivity contribution >= 4 is 17.7 Å². The molecule has 1 heterocycles. The zero-order valence-electron chi connectivity index (χ0n) is 14.5. The van der Waals surface area contributed by atoms with Crippen molar-refractivity contribution in [3.63, 3.8) is 0 Å². The molecule has 0 saturated heterocycles. The van der Waals surface area contributed by atoms with Gasteiger partial charge in [-0.05, 0) is 36.8 Å². The Morgan fingerprint density at radius 3 is 2.58 bits per heavy atom. The smallest absolute Gasteiger partial charge is 0.277 e. The maximum Gasteiger partial charge on any atom is 0.277 e. The lowest BCUT2D eigenvalue weighted by atomic mass is 10.2. The molecule has 0 fully saturated rings. The van der Waals surface area contributed by atoms with E-state index >= 15 is 0 Å². The minimum atomic E-state index is -0.350. The molecule has 1 atom stereocenters. The van der Waals surface area contributed by atoms with Crippen molar-refractivity contribution in [2.24, 2.45) is 0 Å². The van der Waals surface area contributed by atoms with Crippen LogP contribution in [-0.4, -0.2) is 28.5 Å². The molecule has 1 aromatic heterocycles. The summed E-state index contributed by atoms with van der Waals surface area (Å²) >= 11 is 1.24. The number of thioether (sulfide) groups is 1. The summed E-state index contributed by atoms with van der Waals surface area (Å²) in [4.78, 5) is 12.3. The van der Waals surface area contributed by atoms with Crippen LogP contribution in [0.1, 0.15) is 12.5 Å². The third-order valence-corrected chi connectivity index (χ3v) is 4.63. The van der Waals surface area contributed by atoms with Gasteiger partial charge in [-0.15, -0.1) is 10.2 Å². The second-order valence-electron chi connectivity index (χ2n) is 5.57. The van der Waals surface area contributed by atoms with E-state index < -0.39 is 0 Å². The van der Waals surface area contributed by atoms with E-state index in [1.807, 2.05) is 54.6 Å². The summed E-state index contributed by atoms with van der Waals surface area (Å²) in [5.41, 5.74) is 1.85. The first-order valence-corrected chi connectivity index (χ1v) is 9.00. The number of nitrogens with zero attached hydrogens (tertiary/aromatic N) is 2. The first kappa shape index (κ1) is 18.0. The van der Waals surface area contributed by atoms with Gasteiger partial charge >= 0.3 is 0 Å². The topological polar surface area (TPSA) is 77.2 Å². The summed E-state index contributed by atoms with van der Waals surface area (Å²) in [7, 11) is 1.62. The van der Waals surface area contributed by atoms with Crippen molar-refractivity contribution in [1.29, 1.82) is 0 Å². The number of aromatic nitrogens is 2. The minimum Gasteiger partial charge on any atom is -0.497 e. The second kappa shape index (κ2) is 8.53. The van der Waals surface area contributed by atoms with E-state index in [4.69, 9.17) is 9.15 Å². The fourth-order valence-corrected chi connectivity index (χ4v) is 2.94. The van der Waals surface area contributed by atoms with E-state index in [9.17, 15) is 4.79 Å². The van der Waals surface area contributed by atoms with Gasteiger partial charge in [0.25, 0.3) is 5.22 Å². The van der Waals surface area contributed by atoms with Crippen LogP contribution in [0.3, 0.4) is 0 Å². The molecule has 26 heavy (non-hydrogen) atoms. The Labute approximate surface area is 156 Å². The molecule has 0 saturated carbocycles. The van der Waals surface area contributed by atoms with E-state index in [2.05, 4.69) is 15.5 Å². The van der Waals surface area contributed by atoms with Gasteiger partial charge in [0.2, 0.25) is 11.8 Å². The Balaban J connectivity index is 1.53. The molecular formula is C19H19N3O3S. The van der Waals surface area contributed by atoms with Crippen molar-refractivity contribution < 1.29 is 13.9 Å². The number of methoxy groups -OCH3 is 1. The molecule has 7 heteroatoms. The molecule has 3 aromatic rings. The predicted molar refractivity (Wildman–Crippen MR) is 99.9 cm³/mol. The predicted octanol–water partition coefficient (Wildman–Crippen LogP) is 3.54. The fourth-order valence-electron chi connectivity index (χ4n) is 2.24. The van der Waals surface area contributed by atoms with E-state index in [0.717, 1.165) is 16.9 Å². The normalized spacial score (nSPS) is 11.8. The van der Waals surface area contributed by atoms with Gasteiger partial charge in [-0.25, -0.2) is 0 Å². The van der Waals surface area contributed by atoms with Gasteiger partial charge in [0.15, 0.2) is 0 Å². The average Bonchev–Trinajstić information content (AvgIpc) is 3.15. The van der Waals surface area contributed by atoms with Crippen LogP contribution in [0, 0.1) is 0 Å². The van der Waals surface area contributed by atoms with Crippen molar-refractivity contribution in [2.45, 2.75) is 23.9 Å². The van der Waals surface area contributed by atoms with Crippen LogP contribution < -0.4 is 10.1 Å². The number of benzene rings is 2. The van der Waals surface area contributed by atoms with Crippen LogP contribution >= 0.6 is 11.8 Å². The third-order valence-electron chi connectivity index (χ3n) is 3.70. The first-order chi connectivity index (χ1) is 12.7. The van der Waals surface area contributed by atoms with Gasteiger partial charge in [-0.1, -0.05) is 42.1 Å². The third kappa shape index (κ3) is 4.64. The van der Waals surface area contributed by atoms with Crippen LogP contribution in [0.25, 0.3) is 11.5 Å². The van der Waals surface area contributed by atoms with Gasteiger partial charge in [0.1, 0.15) is 5.75 Å². The molecular weight excluding hydrogens is 350 g/mol. The molecule has 0 spiro atoms. The van der Waals surface area contributed by atoms with E-state index in [1.54, 1.807) is 14.0 Å². The molecule has 0 aliphatic carbocycles. The summed E-state index contributed by atoms with van der Waals surface area (Å²) in [5.74, 6) is 1.14. The molecule has 1 amide bonds. The lowest BCUT2D eigenvalue weighted by Gasteiger charge is -2.10. The number of carbonyl (C=O) groups excluding carboxylic acids is 1. The van der Waals surface area contributed by atoms with Crippen LogP contribution in [0.5, 0.6) is 5.75 Å². The molecule has 0 bridgehead atoms. The molecule has 1 N–H and O–H groups in total. The number of amides is 1. The van der Waals surface area contributed by atoms with Crippen molar-refractivity contribution in [3.8, 4) is 17.2 Å². The Morgan fingerprint density at radius 1 is 1.15 bits per heavy atom. The molecule has 2 aromatic carbocycles. The van der Waals surface area contributed by atoms with Crippen LogP contribution in [0.4, 0.5) is 0 Å². The largest absolute Gasteiger partial charge is 0.497 e. The number of hydrogen-bond acceptors (Lipinski definition) is 6. The van der Waals surface area contributed by atoms with Crippen LogP contribution in [-0.2, 0) is 11.3 Å². The SMILES string of the molecule is COc1ccc(CNC(=O)[C@H](C)Sc2nnc(-c3ccccc3)o2)cc1. The van der Waals surface area contributed by atoms with Gasteiger partial charge in [-0.3, -0.25) is 4.79 Å². The second-order valence-corrected chi connectivity index (χ2v) is 6.86. The van der Waals surface area contributed by atoms with E-state index in [0.29, 0.717) is 17.7 Å². The fraction of sp³-hybridized carbons (Fsp3) is 0.211. The zero-order chi connectivity index (χ0) is 18.4. The Kier molecular flexibility index (Phi) is 5.91. The highest BCUT2D eigenvalue weighted by molar-refractivity contribution is 8.00. The molecule has 3 rings (SSSR count).